The first-order valence-corrected chi connectivity index (χ1v) is 8.15. The van der Waals surface area contributed by atoms with Crippen molar-refractivity contribution in [3.63, 3.8) is 0 Å². The van der Waals surface area contributed by atoms with Gasteiger partial charge in [-0.25, -0.2) is 17.8 Å². The van der Waals surface area contributed by atoms with Gasteiger partial charge in [0.2, 0.25) is 15.0 Å². The number of rotatable bonds is 3. The average Bonchev–Trinajstić information content (AvgIpc) is 2.56. The van der Waals surface area contributed by atoms with Crippen LogP contribution in [0.1, 0.15) is 6.42 Å². The molecule has 0 aromatic carbocycles. The van der Waals surface area contributed by atoms with Crippen molar-refractivity contribution in [1.29, 1.82) is 0 Å². The number of halogens is 3. The molecule has 2 heterocycles. The Morgan fingerprint density at radius 2 is 2.21 bits per heavy atom. The SMILES string of the molecule is O=C1CC(CS(=O)(=O)Cl)CN1c1ncc(Cl)cc1F. The zero-order valence-corrected chi connectivity index (χ0v) is 11.8. The van der Waals surface area contributed by atoms with Gasteiger partial charge in [0.25, 0.3) is 0 Å². The normalized spacial score (nSPS) is 20.1. The van der Waals surface area contributed by atoms with Crippen molar-refractivity contribution in [2.45, 2.75) is 6.42 Å². The molecule has 5 nitrogen and oxygen atoms in total. The number of amides is 1. The second kappa shape index (κ2) is 5.22. The first kappa shape index (κ1) is 14.5. The molecular formula is C10H9Cl2FN2O3S. The third-order valence-electron chi connectivity index (χ3n) is 2.68. The van der Waals surface area contributed by atoms with Crippen LogP contribution >= 0.6 is 22.3 Å². The molecule has 2 rings (SSSR count). The van der Waals surface area contributed by atoms with Gasteiger partial charge >= 0.3 is 0 Å². The van der Waals surface area contributed by atoms with Crippen LogP contribution < -0.4 is 4.90 Å². The van der Waals surface area contributed by atoms with Crippen LogP contribution in [0.4, 0.5) is 10.2 Å². The number of nitrogens with zero attached hydrogens (tertiary/aromatic N) is 2. The molecule has 1 aliphatic heterocycles. The average molecular weight is 327 g/mol. The Morgan fingerprint density at radius 1 is 1.53 bits per heavy atom. The smallest absolute Gasteiger partial charge is 0.232 e. The van der Waals surface area contributed by atoms with Gasteiger partial charge in [-0.2, -0.15) is 0 Å². The van der Waals surface area contributed by atoms with E-state index in [1.54, 1.807) is 0 Å². The Hall–Kier alpha value is -0.920. The quantitative estimate of drug-likeness (QED) is 0.794. The molecule has 0 bridgehead atoms. The lowest BCUT2D eigenvalue weighted by atomic mass is 10.1. The molecule has 1 fully saturated rings. The lowest BCUT2D eigenvalue weighted by Gasteiger charge is -2.15. The highest BCUT2D eigenvalue weighted by molar-refractivity contribution is 8.13. The first-order valence-electron chi connectivity index (χ1n) is 5.30. The van der Waals surface area contributed by atoms with Crippen LogP contribution in [0.25, 0.3) is 0 Å². The maximum atomic E-state index is 13.7. The van der Waals surface area contributed by atoms with Gasteiger partial charge in [0, 0.05) is 35.8 Å². The van der Waals surface area contributed by atoms with Gasteiger partial charge in [-0.05, 0) is 6.07 Å². The second-order valence-corrected chi connectivity index (χ2v) is 7.50. The summed E-state index contributed by atoms with van der Waals surface area (Å²) in [4.78, 5) is 16.6. The molecular weight excluding hydrogens is 318 g/mol. The fourth-order valence-corrected chi connectivity index (χ4v) is 3.45. The van der Waals surface area contributed by atoms with Crippen LogP contribution in [0.2, 0.25) is 5.02 Å². The second-order valence-electron chi connectivity index (χ2n) is 4.24. The number of aromatic nitrogens is 1. The van der Waals surface area contributed by atoms with Crippen molar-refractivity contribution < 1.29 is 17.6 Å². The topological polar surface area (TPSA) is 67.3 Å². The Bertz CT molecular complexity index is 623. The molecule has 0 aliphatic carbocycles. The van der Waals surface area contributed by atoms with Crippen LogP contribution in [0.3, 0.4) is 0 Å². The fourth-order valence-electron chi connectivity index (χ4n) is 1.99. The van der Waals surface area contributed by atoms with Crippen LogP contribution in [0.15, 0.2) is 12.3 Å². The van der Waals surface area contributed by atoms with E-state index >= 15 is 0 Å². The molecule has 0 spiro atoms. The maximum Gasteiger partial charge on any atom is 0.232 e. The van der Waals surface area contributed by atoms with Gasteiger partial charge in [0.15, 0.2) is 11.6 Å². The van der Waals surface area contributed by atoms with Gasteiger partial charge in [-0.1, -0.05) is 11.6 Å². The highest BCUT2D eigenvalue weighted by atomic mass is 35.7. The largest absolute Gasteiger partial charge is 0.294 e. The standard InChI is InChI=1S/C10H9Cl2FN2O3S/c11-7-2-8(13)10(14-3-7)15-4-6(1-9(15)16)5-19(12,17)18/h2-3,6H,1,4-5H2. The van der Waals surface area contributed by atoms with E-state index in [4.69, 9.17) is 22.3 Å². The summed E-state index contributed by atoms with van der Waals surface area (Å²) < 4.78 is 35.6. The van der Waals surface area contributed by atoms with E-state index in [0.29, 0.717) is 0 Å². The summed E-state index contributed by atoms with van der Waals surface area (Å²) in [6.45, 7) is 0.0658. The molecule has 1 saturated heterocycles. The Morgan fingerprint density at radius 3 is 2.79 bits per heavy atom. The number of hydrogen-bond acceptors (Lipinski definition) is 4. The van der Waals surface area contributed by atoms with Crippen LogP contribution in [-0.4, -0.2) is 31.6 Å². The van der Waals surface area contributed by atoms with E-state index in [1.165, 1.54) is 6.20 Å². The van der Waals surface area contributed by atoms with E-state index < -0.39 is 20.8 Å². The third-order valence-corrected chi connectivity index (χ3v) is 4.14. The summed E-state index contributed by atoms with van der Waals surface area (Å²) in [6.07, 6.45) is 1.22. The van der Waals surface area contributed by atoms with E-state index in [0.717, 1.165) is 11.0 Å². The molecule has 1 aliphatic rings. The number of hydrogen-bond donors (Lipinski definition) is 0. The van der Waals surface area contributed by atoms with Crippen molar-refractivity contribution in [3.8, 4) is 0 Å². The molecule has 0 radical (unpaired) electrons. The molecule has 104 valence electrons. The zero-order chi connectivity index (χ0) is 14.2. The van der Waals surface area contributed by atoms with Crippen molar-refractivity contribution in [2.75, 3.05) is 17.2 Å². The van der Waals surface area contributed by atoms with Gasteiger partial charge in [-0.3, -0.25) is 9.69 Å². The minimum atomic E-state index is -3.70. The summed E-state index contributed by atoms with van der Waals surface area (Å²) in [5, 5.41) is 0.118. The number of anilines is 1. The fraction of sp³-hybridized carbons (Fsp3) is 0.400. The van der Waals surface area contributed by atoms with Crippen molar-refractivity contribution in [3.05, 3.63) is 23.1 Å². The predicted octanol–water partition coefficient (Wildman–Crippen LogP) is 1.80. The molecule has 0 N–H and O–H groups in total. The number of pyridine rings is 1. The lowest BCUT2D eigenvalue weighted by molar-refractivity contribution is -0.117. The molecule has 9 heteroatoms. The molecule has 1 aromatic heterocycles. The van der Waals surface area contributed by atoms with E-state index in [1.807, 2.05) is 0 Å². The molecule has 1 aromatic rings. The number of carbonyl (C=O) groups is 1. The van der Waals surface area contributed by atoms with Crippen molar-refractivity contribution in [1.82, 2.24) is 4.98 Å². The maximum absolute atomic E-state index is 13.7. The van der Waals surface area contributed by atoms with Gasteiger partial charge < -0.3 is 0 Å². The minimum Gasteiger partial charge on any atom is -0.294 e. The van der Waals surface area contributed by atoms with Crippen LogP contribution in [-0.2, 0) is 13.8 Å². The highest BCUT2D eigenvalue weighted by Crippen LogP contribution is 2.28. The van der Waals surface area contributed by atoms with Gasteiger partial charge in [0.05, 0.1) is 10.8 Å². The summed E-state index contributed by atoms with van der Waals surface area (Å²) in [5.41, 5.74) is 0. The van der Waals surface area contributed by atoms with E-state index in [9.17, 15) is 17.6 Å². The zero-order valence-electron chi connectivity index (χ0n) is 9.51. The summed E-state index contributed by atoms with van der Waals surface area (Å²) in [5.74, 6) is -2.06. The molecule has 1 atom stereocenters. The Kier molecular flexibility index (Phi) is 3.98. The Balaban J connectivity index is 2.20. The summed E-state index contributed by atoms with van der Waals surface area (Å²) >= 11 is 5.57. The van der Waals surface area contributed by atoms with Crippen molar-refractivity contribution in [2.24, 2.45) is 5.92 Å². The first-order chi connectivity index (χ1) is 8.76. The number of carbonyl (C=O) groups excluding carboxylic acids is 1. The van der Waals surface area contributed by atoms with E-state index in [-0.39, 0.29) is 35.5 Å². The lowest BCUT2D eigenvalue weighted by Crippen LogP contribution is -2.27. The van der Waals surface area contributed by atoms with Crippen LogP contribution in [0, 0.1) is 11.7 Å². The Labute approximate surface area is 118 Å². The van der Waals surface area contributed by atoms with Gasteiger partial charge in [0.1, 0.15) is 0 Å². The minimum absolute atomic E-state index is 0.00427. The predicted molar refractivity (Wildman–Crippen MR) is 69.3 cm³/mol. The monoisotopic (exact) mass is 326 g/mol. The molecule has 1 unspecified atom stereocenters. The molecule has 19 heavy (non-hydrogen) atoms. The third kappa shape index (κ3) is 3.55. The molecule has 1 amide bonds. The van der Waals surface area contributed by atoms with Crippen molar-refractivity contribution >= 4 is 43.1 Å². The highest BCUT2D eigenvalue weighted by Gasteiger charge is 2.35. The summed E-state index contributed by atoms with van der Waals surface area (Å²) in [6, 6.07) is 1.04. The van der Waals surface area contributed by atoms with Gasteiger partial charge in [-0.15, -0.1) is 0 Å². The summed E-state index contributed by atoms with van der Waals surface area (Å²) in [7, 11) is 1.45. The van der Waals surface area contributed by atoms with Crippen LogP contribution in [0.5, 0.6) is 0 Å². The van der Waals surface area contributed by atoms with E-state index in [2.05, 4.69) is 4.98 Å². The molecule has 0 saturated carbocycles.